The smallest absolute Gasteiger partial charge is 0.331 e. The van der Waals surface area contributed by atoms with Crippen LogP contribution in [0.2, 0.25) is 0 Å². The van der Waals surface area contributed by atoms with E-state index >= 15 is 0 Å². The first-order chi connectivity index (χ1) is 8.35. The van der Waals surface area contributed by atoms with Gasteiger partial charge in [-0.15, -0.1) is 0 Å². The molecule has 0 saturated heterocycles. The fourth-order valence-electron chi connectivity index (χ4n) is 3.64. The van der Waals surface area contributed by atoms with E-state index in [-0.39, 0.29) is 17.3 Å². The summed E-state index contributed by atoms with van der Waals surface area (Å²) in [7, 11) is 0. The number of rotatable bonds is 2. The van der Waals surface area contributed by atoms with Crippen molar-refractivity contribution in [3.8, 4) is 0 Å². The van der Waals surface area contributed by atoms with E-state index in [2.05, 4.69) is 20.1 Å². The van der Waals surface area contributed by atoms with Crippen LogP contribution in [-0.4, -0.2) is 22.3 Å². The summed E-state index contributed by atoms with van der Waals surface area (Å²) < 4.78 is 0. The highest BCUT2D eigenvalue weighted by Gasteiger charge is 2.46. The molecule has 100 valence electrons. The van der Waals surface area contributed by atoms with E-state index in [9.17, 15) is 9.90 Å². The zero-order chi connectivity index (χ0) is 13.5. The lowest BCUT2D eigenvalue weighted by Crippen LogP contribution is -2.43. The van der Waals surface area contributed by atoms with E-state index in [0.29, 0.717) is 5.57 Å². The lowest BCUT2D eigenvalue weighted by atomic mass is 9.55. The van der Waals surface area contributed by atoms with Gasteiger partial charge < -0.3 is 10.2 Å². The Hall–Kier alpha value is -1.09. The van der Waals surface area contributed by atoms with Crippen LogP contribution in [0.5, 0.6) is 0 Å². The number of carbonyl (C=O) groups is 1. The zero-order valence-electron chi connectivity index (χ0n) is 11.0. The molecule has 2 aliphatic carbocycles. The molecule has 3 nitrogen and oxygen atoms in total. The number of hydrogen-bond acceptors (Lipinski definition) is 2. The van der Waals surface area contributed by atoms with Crippen LogP contribution >= 0.6 is 0 Å². The van der Waals surface area contributed by atoms with Crippen molar-refractivity contribution in [1.29, 1.82) is 0 Å². The van der Waals surface area contributed by atoms with Gasteiger partial charge in [-0.2, -0.15) is 0 Å². The molecule has 18 heavy (non-hydrogen) atoms. The van der Waals surface area contributed by atoms with Gasteiger partial charge in [-0.1, -0.05) is 20.1 Å². The summed E-state index contributed by atoms with van der Waals surface area (Å²) in [6, 6.07) is 0. The molecule has 2 aliphatic rings. The minimum absolute atomic E-state index is 0.0302. The summed E-state index contributed by atoms with van der Waals surface area (Å²) in [4.78, 5) is 11.0. The van der Waals surface area contributed by atoms with Crippen LogP contribution in [0, 0.1) is 17.3 Å². The van der Waals surface area contributed by atoms with Gasteiger partial charge >= 0.3 is 5.97 Å². The molecule has 0 aromatic carbocycles. The normalized spacial score (nSPS) is 40.1. The van der Waals surface area contributed by atoms with Crippen LogP contribution in [0.4, 0.5) is 0 Å². The van der Waals surface area contributed by atoms with Gasteiger partial charge in [0.15, 0.2) is 0 Å². The van der Waals surface area contributed by atoms with Gasteiger partial charge in [-0.25, -0.2) is 4.79 Å². The predicted octanol–water partition coefficient (Wildman–Crippen LogP) is 2.76. The Morgan fingerprint density at radius 3 is 2.61 bits per heavy atom. The number of aliphatic hydroxyl groups excluding tert-OH is 1. The van der Waals surface area contributed by atoms with Crippen molar-refractivity contribution in [2.45, 2.75) is 45.1 Å². The standard InChI is InChI=1S/C15H22O3/c1-9(14(17)18)11-4-6-15(3)7-5-13(16)10(2)12(15)8-11/h11-13,16H,1-2,4-8H2,3H3,(H,17,18)/t11-,12+,13-,15+/m1/s1. The Labute approximate surface area is 108 Å². The molecule has 0 radical (unpaired) electrons. The molecule has 3 heteroatoms. The van der Waals surface area contributed by atoms with Gasteiger partial charge in [0.1, 0.15) is 0 Å². The minimum atomic E-state index is -0.898. The topological polar surface area (TPSA) is 57.5 Å². The Kier molecular flexibility index (Phi) is 3.37. The van der Waals surface area contributed by atoms with Crippen LogP contribution < -0.4 is 0 Å². The van der Waals surface area contributed by atoms with E-state index in [1.54, 1.807) is 0 Å². The Balaban J connectivity index is 2.17. The second-order valence-electron chi connectivity index (χ2n) is 6.14. The largest absolute Gasteiger partial charge is 0.478 e. The maximum atomic E-state index is 11.0. The lowest BCUT2D eigenvalue weighted by molar-refractivity contribution is -0.133. The number of fused-ring (bicyclic) bond motifs is 1. The molecule has 0 spiro atoms. The van der Waals surface area contributed by atoms with Crippen molar-refractivity contribution < 1.29 is 15.0 Å². The number of hydrogen-bond donors (Lipinski definition) is 2. The summed E-state index contributed by atoms with van der Waals surface area (Å²) >= 11 is 0. The van der Waals surface area contributed by atoms with Crippen molar-refractivity contribution in [3.05, 3.63) is 24.3 Å². The molecule has 0 unspecified atom stereocenters. The van der Waals surface area contributed by atoms with Gasteiger partial charge in [0, 0.05) is 5.57 Å². The fourth-order valence-corrected chi connectivity index (χ4v) is 3.64. The summed E-state index contributed by atoms with van der Waals surface area (Å²) in [5.41, 5.74) is 1.39. The molecule has 4 atom stereocenters. The van der Waals surface area contributed by atoms with Crippen molar-refractivity contribution >= 4 is 5.97 Å². The number of aliphatic carboxylic acids is 1. The van der Waals surface area contributed by atoms with E-state index in [4.69, 9.17) is 5.11 Å². The molecule has 0 aromatic heterocycles. The summed E-state index contributed by atoms with van der Waals surface area (Å²) in [6.45, 7) is 9.97. The van der Waals surface area contributed by atoms with Gasteiger partial charge in [-0.05, 0) is 54.9 Å². The maximum Gasteiger partial charge on any atom is 0.331 e. The molecule has 0 heterocycles. The first-order valence-electron chi connectivity index (χ1n) is 6.64. The summed E-state index contributed by atoms with van der Waals surface area (Å²) in [6.07, 6.45) is 4.04. The molecule has 0 aliphatic heterocycles. The highest BCUT2D eigenvalue weighted by atomic mass is 16.4. The van der Waals surface area contributed by atoms with E-state index in [0.717, 1.165) is 37.7 Å². The molecular weight excluding hydrogens is 228 g/mol. The Morgan fingerprint density at radius 1 is 1.39 bits per heavy atom. The second kappa shape index (κ2) is 4.54. The molecule has 0 aromatic rings. The van der Waals surface area contributed by atoms with Gasteiger partial charge in [0.25, 0.3) is 0 Å². The fraction of sp³-hybridized carbons (Fsp3) is 0.667. The maximum absolute atomic E-state index is 11.0. The Bertz CT molecular complexity index is 399. The van der Waals surface area contributed by atoms with Crippen LogP contribution in [0.15, 0.2) is 24.3 Å². The molecular formula is C15H22O3. The van der Waals surface area contributed by atoms with Crippen molar-refractivity contribution in [3.63, 3.8) is 0 Å². The van der Waals surface area contributed by atoms with E-state index in [1.165, 1.54) is 0 Å². The van der Waals surface area contributed by atoms with Crippen molar-refractivity contribution in [2.75, 3.05) is 0 Å². The zero-order valence-corrected chi connectivity index (χ0v) is 11.0. The van der Waals surface area contributed by atoms with Gasteiger partial charge in [-0.3, -0.25) is 0 Å². The number of carboxylic acid groups (broad SMARTS) is 1. The van der Waals surface area contributed by atoms with E-state index < -0.39 is 12.1 Å². The third-order valence-electron chi connectivity index (χ3n) is 5.06. The first kappa shape index (κ1) is 13.3. The lowest BCUT2D eigenvalue weighted by Gasteiger charge is -2.50. The second-order valence-corrected chi connectivity index (χ2v) is 6.14. The number of carboxylic acids is 1. The van der Waals surface area contributed by atoms with Crippen LogP contribution in [0.1, 0.15) is 39.0 Å². The Morgan fingerprint density at radius 2 is 2.00 bits per heavy atom. The van der Waals surface area contributed by atoms with Gasteiger partial charge in [0.05, 0.1) is 6.10 Å². The van der Waals surface area contributed by atoms with Gasteiger partial charge in [0.2, 0.25) is 0 Å². The van der Waals surface area contributed by atoms with E-state index in [1.807, 2.05) is 0 Å². The quantitative estimate of drug-likeness (QED) is 0.585. The minimum Gasteiger partial charge on any atom is -0.478 e. The average molecular weight is 250 g/mol. The van der Waals surface area contributed by atoms with Crippen molar-refractivity contribution in [2.24, 2.45) is 17.3 Å². The first-order valence-corrected chi connectivity index (χ1v) is 6.64. The third-order valence-corrected chi connectivity index (χ3v) is 5.06. The third kappa shape index (κ3) is 2.12. The number of aliphatic hydroxyl groups is 1. The molecule has 2 N–H and O–H groups in total. The molecule has 0 amide bonds. The van der Waals surface area contributed by atoms with Crippen LogP contribution in [-0.2, 0) is 4.79 Å². The molecule has 2 saturated carbocycles. The molecule has 2 rings (SSSR count). The molecule has 2 fully saturated rings. The SMILES string of the molecule is C=C(C(=O)O)[C@@H]1CC[C@@]2(C)CC[C@@H](O)C(=C)[C@@H]2C1. The van der Waals surface area contributed by atoms with Crippen molar-refractivity contribution in [1.82, 2.24) is 0 Å². The summed E-state index contributed by atoms with van der Waals surface area (Å²) in [5.74, 6) is -0.635. The predicted molar refractivity (Wildman–Crippen MR) is 70.1 cm³/mol. The molecule has 0 bridgehead atoms. The van der Waals surface area contributed by atoms with Crippen LogP contribution in [0.3, 0.4) is 0 Å². The highest BCUT2D eigenvalue weighted by molar-refractivity contribution is 5.86. The highest BCUT2D eigenvalue weighted by Crippen LogP contribution is 2.54. The monoisotopic (exact) mass is 250 g/mol. The average Bonchev–Trinajstić information content (AvgIpc) is 2.33. The summed E-state index contributed by atoms with van der Waals surface area (Å²) in [5, 5.41) is 19.0. The van der Waals surface area contributed by atoms with Crippen LogP contribution in [0.25, 0.3) is 0 Å².